The Kier molecular flexibility index (Phi) is 23.7. The van der Waals surface area contributed by atoms with Crippen molar-refractivity contribution in [2.75, 3.05) is 55.4 Å². The van der Waals surface area contributed by atoms with Crippen LogP contribution in [0.1, 0.15) is 44.7 Å². The lowest BCUT2D eigenvalue weighted by molar-refractivity contribution is 0.314. The van der Waals surface area contributed by atoms with Gasteiger partial charge in [-0.25, -0.2) is 0 Å². The highest BCUT2D eigenvalue weighted by molar-refractivity contribution is 5.46. The highest BCUT2D eigenvalue weighted by atomic mass is 16.5. The third-order valence-electron chi connectivity index (χ3n) is 6.88. The lowest BCUT2D eigenvalue weighted by Crippen LogP contribution is -1.95. The minimum Gasteiger partial charge on any atom is -0.497 e. The van der Waals surface area contributed by atoms with Gasteiger partial charge in [-0.3, -0.25) is 0 Å². The molecule has 0 aromatic heterocycles. The van der Waals surface area contributed by atoms with E-state index in [9.17, 15) is 0 Å². The predicted molar refractivity (Wildman–Crippen MR) is 209 cm³/mol. The smallest absolute Gasteiger partial charge is 0.126 e. The van der Waals surface area contributed by atoms with Crippen molar-refractivity contribution in [3.63, 3.8) is 0 Å². The van der Waals surface area contributed by atoms with E-state index in [1.165, 1.54) is 0 Å². The van der Waals surface area contributed by atoms with Crippen molar-refractivity contribution in [3.05, 3.63) is 121 Å². The second kappa shape index (κ2) is 27.6. The minimum atomic E-state index is 0.704. The van der Waals surface area contributed by atoms with Crippen molar-refractivity contribution in [1.29, 1.82) is 0 Å². The molecule has 51 heavy (non-hydrogen) atoms. The third-order valence-corrected chi connectivity index (χ3v) is 6.88. The molecule has 0 atom stereocenters. The Hall–Kier alpha value is -5.24. The second-order valence-corrected chi connectivity index (χ2v) is 10.6. The fourth-order valence-electron chi connectivity index (χ4n) is 4.36. The molecule has 8 nitrogen and oxygen atoms in total. The fourth-order valence-corrected chi connectivity index (χ4v) is 4.36. The summed E-state index contributed by atoms with van der Waals surface area (Å²) in [7, 11) is 8.26. The maximum absolute atomic E-state index is 5.43. The molecule has 0 aliphatic heterocycles. The average Bonchev–Trinajstić information content (AvgIpc) is 3.18. The molecule has 0 spiro atoms. The number of hydrogen-bond acceptors (Lipinski definition) is 8. The summed E-state index contributed by atoms with van der Waals surface area (Å²) in [6.45, 7) is 15.8. The average molecular weight is 703 g/mol. The first-order valence-electron chi connectivity index (χ1n) is 17.1. The summed E-state index contributed by atoms with van der Waals surface area (Å²) in [5, 5.41) is 0. The van der Waals surface area contributed by atoms with Crippen molar-refractivity contribution in [1.82, 2.24) is 0 Å². The Bertz CT molecular complexity index is 1460. The van der Waals surface area contributed by atoms with Crippen LogP contribution in [0.2, 0.25) is 0 Å². The van der Waals surface area contributed by atoms with E-state index in [0.29, 0.717) is 6.61 Å². The number of hydrogen-bond donors (Lipinski definition) is 0. The van der Waals surface area contributed by atoms with Crippen LogP contribution >= 0.6 is 0 Å². The summed E-state index contributed by atoms with van der Waals surface area (Å²) in [6, 6.07) is 26.8. The molecule has 0 saturated carbocycles. The van der Waals surface area contributed by atoms with Gasteiger partial charge in [-0.15, -0.1) is 13.2 Å². The monoisotopic (exact) mass is 702 g/mol. The van der Waals surface area contributed by atoms with Gasteiger partial charge >= 0.3 is 0 Å². The highest BCUT2D eigenvalue weighted by Crippen LogP contribution is 2.28. The zero-order valence-corrected chi connectivity index (χ0v) is 31.9. The van der Waals surface area contributed by atoms with Gasteiger partial charge in [0.1, 0.15) is 46.0 Å². The van der Waals surface area contributed by atoms with Crippen LogP contribution in [0, 0.1) is 0 Å². The van der Waals surface area contributed by atoms with Crippen LogP contribution in [0.25, 0.3) is 0 Å². The first-order valence-corrected chi connectivity index (χ1v) is 17.1. The molecule has 278 valence electrons. The summed E-state index contributed by atoms with van der Waals surface area (Å²) in [5.41, 5.74) is 2.17. The maximum atomic E-state index is 5.43. The van der Waals surface area contributed by atoms with Crippen LogP contribution < -0.4 is 37.9 Å². The molecule has 0 unspecified atom stereocenters. The maximum Gasteiger partial charge on any atom is 0.126 e. The van der Waals surface area contributed by atoms with Gasteiger partial charge in [0, 0.05) is 11.6 Å². The van der Waals surface area contributed by atoms with Gasteiger partial charge < -0.3 is 37.9 Å². The van der Waals surface area contributed by atoms with Crippen LogP contribution in [-0.2, 0) is 12.8 Å². The summed E-state index contributed by atoms with van der Waals surface area (Å²) >= 11 is 0. The first kappa shape index (κ1) is 43.8. The molecule has 0 aliphatic rings. The predicted octanol–water partition coefficient (Wildman–Crippen LogP) is 10.2. The zero-order chi connectivity index (χ0) is 37.7. The van der Waals surface area contributed by atoms with Gasteiger partial charge in [0.15, 0.2) is 0 Å². The van der Waals surface area contributed by atoms with Gasteiger partial charge in [0.25, 0.3) is 0 Å². The number of rotatable bonds is 17. The van der Waals surface area contributed by atoms with E-state index in [1.54, 1.807) is 35.5 Å². The number of methoxy groups -OCH3 is 5. The van der Waals surface area contributed by atoms with E-state index in [4.69, 9.17) is 37.9 Å². The SMILES string of the molecule is C=CCc1c(OC)cccc1OC.C=CCc1ccc(OC)cc1OC.CCCOc1ccc(OC)cc1.CCCOc1ccc(OCC)cc1. The summed E-state index contributed by atoms with van der Waals surface area (Å²) < 4.78 is 41.9. The molecule has 0 fully saturated rings. The van der Waals surface area contributed by atoms with Crippen LogP contribution in [0.5, 0.6) is 46.0 Å². The van der Waals surface area contributed by atoms with Gasteiger partial charge in [-0.2, -0.15) is 0 Å². The van der Waals surface area contributed by atoms with Crippen molar-refractivity contribution in [2.24, 2.45) is 0 Å². The molecule has 8 heteroatoms. The Morgan fingerprint density at radius 1 is 0.471 bits per heavy atom. The standard InChI is InChI=1S/2C11H14O2.C11H16O2.C10H14O2/c1-4-6-9-10(12-2)7-5-8-11(9)13-3;1-4-5-9-6-7-10(12-2)8-11(9)13-3;1-3-9-13-11-7-5-10(6-8-11)12-4-2;1-3-8-12-10-6-4-9(11-2)5-7-10/h4-5,7-8H,1,6H2,2-3H3;4,6-8H,1,5H2,2-3H3;5-8H,3-4,9H2,1-2H3;4-7H,3,8H2,1-2H3. The number of benzene rings is 4. The van der Waals surface area contributed by atoms with Crippen LogP contribution in [-0.4, -0.2) is 55.4 Å². The number of ether oxygens (including phenoxy) is 8. The zero-order valence-electron chi connectivity index (χ0n) is 31.9. The molecular formula is C43H58O8. The van der Waals surface area contributed by atoms with E-state index in [0.717, 1.165) is 96.0 Å². The lowest BCUT2D eigenvalue weighted by atomic mass is 10.1. The van der Waals surface area contributed by atoms with E-state index in [-0.39, 0.29) is 0 Å². The Balaban J connectivity index is 0.000000340. The molecule has 4 rings (SSSR count). The number of allylic oxidation sites excluding steroid dienone is 2. The van der Waals surface area contributed by atoms with Gasteiger partial charge in [-0.1, -0.05) is 38.1 Å². The molecule has 4 aromatic rings. The van der Waals surface area contributed by atoms with Gasteiger partial charge in [0.2, 0.25) is 0 Å². The molecule has 0 N–H and O–H groups in total. The van der Waals surface area contributed by atoms with E-state index in [2.05, 4.69) is 27.0 Å². The highest BCUT2D eigenvalue weighted by Gasteiger charge is 2.07. The molecular weight excluding hydrogens is 644 g/mol. The summed E-state index contributed by atoms with van der Waals surface area (Å²) in [5.74, 6) is 6.91. The Morgan fingerprint density at radius 3 is 1.29 bits per heavy atom. The van der Waals surface area contributed by atoms with E-state index in [1.807, 2.05) is 104 Å². The molecule has 0 bridgehead atoms. The van der Waals surface area contributed by atoms with Crippen molar-refractivity contribution < 1.29 is 37.9 Å². The normalized spacial score (nSPS) is 9.49. The van der Waals surface area contributed by atoms with Crippen molar-refractivity contribution in [2.45, 2.75) is 46.5 Å². The lowest BCUT2D eigenvalue weighted by Gasteiger charge is -2.10. The molecule has 0 heterocycles. The van der Waals surface area contributed by atoms with Crippen LogP contribution in [0.3, 0.4) is 0 Å². The van der Waals surface area contributed by atoms with Crippen LogP contribution in [0.15, 0.2) is 110 Å². The molecule has 4 aromatic carbocycles. The fraction of sp³-hybridized carbons (Fsp3) is 0.349. The summed E-state index contributed by atoms with van der Waals surface area (Å²) in [6.07, 6.45) is 7.32. The second-order valence-electron chi connectivity index (χ2n) is 10.6. The Morgan fingerprint density at radius 2 is 0.902 bits per heavy atom. The molecule has 0 saturated heterocycles. The third kappa shape index (κ3) is 17.3. The van der Waals surface area contributed by atoms with E-state index < -0.39 is 0 Å². The van der Waals surface area contributed by atoms with E-state index >= 15 is 0 Å². The first-order chi connectivity index (χ1) is 24.9. The molecule has 0 radical (unpaired) electrons. The summed E-state index contributed by atoms with van der Waals surface area (Å²) in [4.78, 5) is 0. The van der Waals surface area contributed by atoms with Crippen molar-refractivity contribution >= 4 is 0 Å². The minimum absolute atomic E-state index is 0.704. The quantitative estimate of drug-likeness (QED) is 0.101. The molecule has 0 aliphatic carbocycles. The molecule has 0 amide bonds. The topological polar surface area (TPSA) is 73.8 Å². The largest absolute Gasteiger partial charge is 0.497 e. The van der Waals surface area contributed by atoms with Gasteiger partial charge in [0.05, 0.1) is 55.4 Å². The van der Waals surface area contributed by atoms with Crippen LogP contribution in [0.4, 0.5) is 0 Å². The van der Waals surface area contributed by atoms with Gasteiger partial charge in [-0.05, 0) is 105 Å². The Labute approximate surface area is 306 Å². The van der Waals surface area contributed by atoms with Crippen molar-refractivity contribution in [3.8, 4) is 46.0 Å².